The summed E-state index contributed by atoms with van der Waals surface area (Å²) in [5, 5.41) is 7.64. The van der Waals surface area contributed by atoms with Crippen LogP contribution in [0.1, 0.15) is 0 Å². The van der Waals surface area contributed by atoms with Crippen molar-refractivity contribution in [1.82, 2.24) is 0 Å². The fourth-order valence-electron chi connectivity index (χ4n) is 0.852. The lowest BCUT2D eigenvalue weighted by Gasteiger charge is -2.32. The van der Waals surface area contributed by atoms with Gasteiger partial charge in [0.25, 0.3) is 0 Å². The highest BCUT2D eigenvalue weighted by atomic mass is 19.4. The second-order valence-corrected chi connectivity index (χ2v) is 3.72. The molecule has 0 radical (unpaired) electrons. The van der Waals surface area contributed by atoms with Crippen LogP contribution in [-0.2, 0) is 9.53 Å². The van der Waals surface area contributed by atoms with Crippen molar-refractivity contribution in [2.24, 2.45) is 0 Å². The van der Waals surface area contributed by atoms with E-state index >= 15 is 0 Å². The van der Waals surface area contributed by atoms with Gasteiger partial charge in [-0.2, -0.15) is 52.7 Å². The molecule has 3 nitrogen and oxygen atoms in total. The second kappa shape index (κ2) is 5.96. The minimum atomic E-state index is -7.55. The van der Waals surface area contributed by atoms with Gasteiger partial charge in [0.2, 0.25) is 11.7 Å². The maximum atomic E-state index is 12.8. The molecule has 1 N–H and O–H groups in total. The van der Waals surface area contributed by atoms with E-state index in [-0.39, 0.29) is 0 Å². The van der Waals surface area contributed by atoms with Crippen molar-refractivity contribution in [1.29, 1.82) is 0 Å². The van der Waals surface area contributed by atoms with Crippen LogP contribution in [0.25, 0.3) is 0 Å². The molecule has 0 fully saturated rings. The molecule has 0 saturated carbocycles. The molecule has 0 unspecified atom stereocenters. The molecular formula is C8HF13O3. The van der Waals surface area contributed by atoms with Gasteiger partial charge in [0, 0.05) is 0 Å². The Bertz CT molecular complexity index is 532. The van der Waals surface area contributed by atoms with E-state index in [1.807, 2.05) is 0 Å². The molecule has 24 heavy (non-hydrogen) atoms. The number of hydrogen-bond donors (Lipinski definition) is 1. The van der Waals surface area contributed by atoms with E-state index in [0.29, 0.717) is 0 Å². The number of allylic oxidation sites excluding steroid dienone is 2. The maximum absolute atomic E-state index is 12.8. The highest BCUT2D eigenvalue weighted by Gasteiger charge is 2.78. The summed E-state index contributed by atoms with van der Waals surface area (Å²) in [6.07, 6.45) is -20.1. The van der Waals surface area contributed by atoms with Gasteiger partial charge in [-0.15, -0.1) is 0 Å². The molecule has 0 aromatic rings. The number of carboxylic acid groups (broad SMARTS) is 1. The average molecular weight is 392 g/mol. The summed E-state index contributed by atoms with van der Waals surface area (Å²) in [6.45, 7) is 0. The van der Waals surface area contributed by atoms with E-state index in [1.165, 1.54) is 0 Å². The standard InChI is InChI=1S/C8HF13O3/c9-1(2(10)5(13,14)15)4(11,12)7(18,19)8(20,21)24-6(16,17)3(22)23/h(H,22,23)/b2-1+. The molecular weight excluding hydrogens is 391 g/mol. The molecule has 0 spiro atoms. The second-order valence-electron chi connectivity index (χ2n) is 3.72. The molecule has 0 aliphatic rings. The van der Waals surface area contributed by atoms with Crippen molar-refractivity contribution in [2.45, 2.75) is 30.2 Å². The average Bonchev–Trinajstić information content (AvgIpc) is 2.33. The van der Waals surface area contributed by atoms with Crippen molar-refractivity contribution >= 4 is 5.97 Å². The number of aliphatic carboxylic acids is 1. The molecule has 142 valence electrons. The Hall–Kier alpha value is -1.74. The maximum Gasteiger partial charge on any atom is 0.460 e. The van der Waals surface area contributed by atoms with E-state index in [1.54, 1.807) is 4.74 Å². The number of ether oxygens (including phenoxy) is 1. The van der Waals surface area contributed by atoms with Crippen LogP contribution >= 0.6 is 0 Å². The minimum absolute atomic E-state index is 1.66. The molecule has 0 aliphatic heterocycles. The molecule has 0 aliphatic carbocycles. The molecule has 0 bridgehead atoms. The molecule has 0 aromatic heterocycles. The van der Waals surface area contributed by atoms with Crippen LogP contribution in [0.3, 0.4) is 0 Å². The fraction of sp³-hybridized carbons (Fsp3) is 0.625. The van der Waals surface area contributed by atoms with Crippen LogP contribution in [-0.4, -0.2) is 41.3 Å². The van der Waals surface area contributed by atoms with Gasteiger partial charge in [-0.1, -0.05) is 0 Å². The Labute approximate surface area is 121 Å². The van der Waals surface area contributed by atoms with Crippen LogP contribution in [0.5, 0.6) is 0 Å². The summed E-state index contributed by atoms with van der Waals surface area (Å²) >= 11 is 0. The summed E-state index contributed by atoms with van der Waals surface area (Å²) in [4.78, 5) is 9.72. The number of halogens is 13. The predicted molar refractivity (Wildman–Crippen MR) is 43.8 cm³/mol. The molecule has 0 heterocycles. The summed E-state index contributed by atoms with van der Waals surface area (Å²) in [6, 6.07) is 0. The first kappa shape index (κ1) is 22.3. The van der Waals surface area contributed by atoms with Crippen molar-refractivity contribution in [2.75, 3.05) is 0 Å². The smallest absolute Gasteiger partial charge is 0.460 e. The van der Waals surface area contributed by atoms with Gasteiger partial charge in [-0.25, -0.2) is 13.9 Å². The first-order chi connectivity index (χ1) is 10.2. The highest BCUT2D eigenvalue weighted by molar-refractivity contribution is 5.73. The minimum Gasteiger partial charge on any atom is -0.475 e. The lowest BCUT2D eigenvalue weighted by atomic mass is 10.1. The summed E-state index contributed by atoms with van der Waals surface area (Å²) in [5.74, 6) is -27.9. The Morgan fingerprint density at radius 3 is 1.42 bits per heavy atom. The monoisotopic (exact) mass is 392 g/mol. The van der Waals surface area contributed by atoms with Crippen LogP contribution in [0.2, 0.25) is 0 Å². The number of alkyl halides is 11. The zero-order valence-electron chi connectivity index (χ0n) is 10.2. The van der Waals surface area contributed by atoms with Crippen molar-refractivity contribution in [3.05, 3.63) is 11.7 Å². The zero-order valence-corrected chi connectivity index (χ0v) is 10.2. The number of carboxylic acids is 1. The number of carbonyl (C=O) groups is 1. The van der Waals surface area contributed by atoms with Crippen LogP contribution in [0.15, 0.2) is 11.7 Å². The Morgan fingerprint density at radius 2 is 1.12 bits per heavy atom. The Balaban J connectivity index is 6.07. The highest BCUT2D eigenvalue weighted by Crippen LogP contribution is 2.53. The van der Waals surface area contributed by atoms with Crippen molar-refractivity contribution in [3.63, 3.8) is 0 Å². The molecule has 0 rings (SSSR count). The molecule has 0 atom stereocenters. The van der Waals surface area contributed by atoms with Gasteiger partial charge in [-0.3, -0.25) is 0 Å². The van der Waals surface area contributed by atoms with Gasteiger partial charge in [-0.05, 0) is 0 Å². The lowest BCUT2D eigenvalue weighted by molar-refractivity contribution is -0.446. The van der Waals surface area contributed by atoms with Gasteiger partial charge >= 0.3 is 36.2 Å². The first-order valence-corrected chi connectivity index (χ1v) is 4.79. The van der Waals surface area contributed by atoms with Gasteiger partial charge in [0.1, 0.15) is 0 Å². The quantitative estimate of drug-likeness (QED) is 0.688. The molecule has 16 heteroatoms. The summed E-state index contributed by atoms with van der Waals surface area (Å²) in [7, 11) is 0. The Morgan fingerprint density at radius 1 is 0.750 bits per heavy atom. The molecule has 0 aromatic carbocycles. The normalized spacial score (nSPS) is 16.0. The van der Waals surface area contributed by atoms with E-state index in [0.717, 1.165) is 0 Å². The topological polar surface area (TPSA) is 46.5 Å². The van der Waals surface area contributed by atoms with E-state index in [9.17, 15) is 61.9 Å². The zero-order chi connectivity index (χ0) is 19.9. The SMILES string of the molecule is O=C(O)C(F)(F)OC(F)(F)C(F)(F)C(F)(F)/C(F)=C(\F)C(F)(F)F. The van der Waals surface area contributed by atoms with Gasteiger partial charge < -0.3 is 5.11 Å². The third-order valence-corrected chi connectivity index (χ3v) is 1.98. The largest absolute Gasteiger partial charge is 0.475 e. The van der Waals surface area contributed by atoms with E-state index in [2.05, 4.69) is 0 Å². The van der Waals surface area contributed by atoms with Crippen molar-refractivity contribution in [3.8, 4) is 0 Å². The third-order valence-electron chi connectivity index (χ3n) is 1.98. The van der Waals surface area contributed by atoms with E-state index < -0.39 is 47.9 Å². The summed E-state index contributed by atoms with van der Waals surface area (Å²) < 4.78 is 162. The molecule has 0 amide bonds. The van der Waals surface area contributed by atoms with Crippen LogP contribution < -0.4 is 0 Å². The third kappa shape index (κ3) is 3.84. The van der Waals surface area contributed by atoms with Crippen molar-refractivity contribution < 1.29 is 71.7 Å². The fourth-order valence-corrected chi connectivity index (χ4v) is 0.852. The lowest BCUT2D eigenvalue weighted by Crippen LogP contribution is -2.58. The van der Waals surface area contributed by atoms with Gasteiger partial charge in [0.05, 0.1) is 0 Å². The predicted octanol–water partition coefficient (Wildman–Crippen LogP) is 4.26. The van der Waals surface area contributed by atoms with Gasteiger partial charge in [0.15, 0.2) is 0 Å². The molecule has 0 saturated heterocycles. The summed E-state index contributed by atoms with van der Waals surface area (Å²) in [5.41, 5.74) is 0. The number of rotatable bonds is 6. The van der Waals surface area contributed by atoms with Crippen LogP contribution in [0, 0.1) is 0 Å². The Kier molecular flexibility index (Phi) is 5.53. The van der Waals surface area contributed by atoms with E-state index in [4.69, 9.17) is 5.11 Å². The van der Waals surface area contributed by atoms with Crippen LogP contribution in [0.4, 0.5) is 57.1 Å². The number of hydrogen-bond acceptors (Lipinski definition) is 2. The first-order valence-electron chi connectivity index (χ1n) is 4.79.